The molecule has 0 atom stereocenters. The molecule has 0 radical (unpaired) electrons. The molecule has 4 rings (SSSR count). The number of sulfonamides is 1. The van der Waals surface area contributed by atoms with E-state index in [1.807, 2.05) is 30.3 Å². The average molecular weight is 457 g/mol. The van der Waals surface area contributed by atoms with E-state index >= 15 is 0 Å². The first-order chi connectivity index (χ1) is 14.8. The standard InChI is InChI=1S/C23H21ClN2O4S/c1-30-20-12-11-19(25-22(27)23(13-14-23)16-5-3-2-4-6-16)15-21(20)31(28,29)26-18-9-7-17(24)8-10-18/h2-12,15,26H,13-14H2,1H3,(H,25,27). The highest BCUT2D eigenvalue weighted by Crippen LogP contribution is 2.49. The predicted molar refractivity (Wildman–Crippen MR) is 121 cm³/mol. The third-order valence-electron chi connectivity index (χ3n) is 5.32. The maximum atomic E-state index is 13.0. The van der Waals surface area contributed by atoms with Crippen LogP contribution in [0.25, 0.3) is 0 Å². The molecule has 0 spiro atoms. The normalized spacial score (nSPS) is 14.5. The van der Waals surface area contributed by atoms with Gasteiger partial charge in [0.05, 0.1) is 12.5 Å². The summed E-state index contributed by atoms with van der Waals surface area (Å²) in [5.41, 5.74) is 1.13. The van der Waals surface area contributed by atoms with Gasteiger partial charge in [0.25, 0.3) is 10.0 Å². The minimum Gasteiger partial charge on any atom is -0.495 e. The largest absolute Gasteiger partial charge is 0.495 e. The summed E-state index contributed by atoms with van der Waals surface area (Å²) in [4.78, 5) is 12.9. The van der Waals surface area contributed by atoms with Gasteiger partial charge in [0, 0.05) is 16.4 Å². The Balaban J connectivity index is 1.60. The fourth-order valence-corrected chi connectivity index (χ4v) is 4.85. The number of rotatable bonds is 7. The molecule has 0 aromatic heterocycles. The van der Waals surface area contributed by atoms with Crippen molar-refractivity contribution >= 4 is 38.9 Å². The van der Waals surface area contributed by atoms with Crippen molar-refractivity contribution in [2.24, 2.45) is 0 Å². The molecule has 1 amide bonds. The zero-order valence-corrected chi connectivity index (χ0v) is 18.3. The lowest BCUT2D eigenvalue weighted by molar-refractivity contribution is -0.118. The number of hydrogen-bond donors (Lipinski definition) is 2. The number of halogens is 1. The lowest BCUT2D eigenvalue weighted by Crippen LogP contribution is -2.28. The molecule has 1 saturated carbocycles. The monoisotopic (exact) mass is 456 g/mol. The van der Waals surface area contributed by atoms with Gasteiger partial charge < -0.3 is 10.1 Å². The third-order valence-corrected chi connectivity index (χ3v) is 6.97. The molecule has 0 bridgehead atoms. The van der Waals surface area contributed by atoms with Crippen molar-refractivity contribution in [3.8, 4) is 5.75 Å². The van der Waals surface area contributed by atoms with Crippen molar-refractivity contribution in [3.05, 3.63) is 83.4 Å². The average Bonchev–Trinajstić information content (AvgIpc) is 3.58. The van der Waals surface area contributed by atoms with Gasteiger partial charge in [-0.2, -0.15) is 0 Å². The van der Waals surface area contributed by atoms with Crippen molar-refractivity contribution in [1.29, 1.82) is 0 Å². The van der Waals surface area contributed by atoms with Gasteiger partial charge in [0.1, 0.15) is 10.6 Å². The van der Waals surface area contributed by atoms with Gasteiger partial charge in [0.15, 0.2) is 0 Å². The summed E-state index contributed by atoms with van der Waals surface area (Å²) in [5.74, 6) is 0.0153. The molecule has 1 aliphatic rings. The van der Waals surface area contributed by atoms with Crippen molar-refractivity contribution in [3.63, 3.8) is 0 Å². The van der Waals surface area contributed by atoms with Crippen molar-refractivity contribution in [1.82, 2.24) is 0 Å². The fourth-order valence-electron chi connectivity index (χ4n) is 3.47. The number of anilines is 2. The van der Waals surface area contributed by atoms with Gasteiger partial charge in [0.2, 0.25) is 5.91 Å². The molecule has 31 heavy (non-hydrogen) atoms. The minimum atomic E-state index is -3.97. The van der Waals surface area contributed by atoms with E-state index in [-0.39, 0.29) is 16.6 Å². The van der Waals surface area contributed by atoms with Crippen LogP contribution in [0.15, 0.2) is 77.7 Å². The van der Waals surface area contributed by atoms with E-state index < -0.39 is 15.4 Å². The van der Waals surface area contributed by atoms with Crippen LogP contribution < -0.4 is 14.8 Å². The molecule has 8 heteroatoms. The van der Waals surface area contributed by atoms with Crippen molar-refractivity contribution in [2.75, 3.05) is 17.1 Å². The van der Waals surface area contributed by atoms with E-state index in [2.05, 4.69) is 10.0 Å². The Hall–Kier alpha value is -3.03. The maximum absolute atomic E-state index is 13.0. The highest BCUT2D eigenvalue weighted by Gasteiger charge is 2.51. The Labute approximate surface area is 186 Å². The van der Waals surface area contributed by atoms with Gasteiger partial charge in [-0.1, -0.05) is 41.9 Å². The van der Waals surface area contributed by atoms with Crippen LogP contribution >= 0.6 is 11.6 Å². The van der Waals surface area contributed by atoms with E-state index in [4.69, 9.17) is 16.3 Å². The topological polar surface area (TPSA) is 84.5 Å². The molecule has 0 heterocycles. The number of ether oxygens (including phenoxy) is 1. The molecule has 1 aliphatic carbocycles. The fraction of sp³-hybridized carbons (Fsp3) is 0.174. The second kappa shape index (κ2) is 8.24. The second-order valence-electron chi connectivity index (χ2n) is 7.38. The van der Waals surface area contributed by atoms with E-state index in [0.717, 1.165) is 18.4 Å². The summed E-state index contributed by atoms with van der Waals surface area (Å²) < 4.78 is 33.7. The molecule has 2 N–H and O–H groups in total. The van der Waals surface area contributed by atoms with Gasteiger partial charge in [-0.15, -0.1) is 0 Å². The van der Waals surface area contributed by atoms with Crippen LogP contribution in [-0.4, -0.2) is 21.4 Å². The van der Waals surface area contributed by atoms with E-state index in [1.54, 1.807) is 30.3 Å². The van der Waals surface area contributed by atoms with Gasteiger partial charge >= 0.3 is 0 Å². The molecule has 0 saturated heterocycles. The summed E-state index contributed by atoms with van der Waals surface area (Å²) in [6, 6.07) is 20.4. The van der Waals surface area contributed by atoms with Crippen LogP contribution in [0.5, 0.6) is 5.75 Å². The Morgan fingerprint density at radius 3 is 2.23 bits per heavy atom. The van der Waals surface area contributed by atoms with Crippen LogP contribution in [0.3, 0.4) is 0 Å². The second-order valence-corrected chi connectivity index (χ2v) is 9.47. The van der Waals surface area contributed by atoms with Crippen LogP contribution in [0.2, 0.25) is 5.02 Å². The molecule has 0 aliphatic heterocycles. The highest BCUT2D eigenvalue weighted by atomic mass is 35.5. The van der Waals surface area contributed by atoms with Gasteiger partial charge in [-0.3, -0.25) is 9.52 Å². The zero-order valence-electron chi connectivity index (χ0n) is 16.8. The number of hydrogen-bond acceptors (Lipinski definition) is 4. The molecule has 1 fully saturated rings. The quantitative estimate of drug-likeness (QED) is 0.533. The summed E-state index contributed by atoms with van der Waals surface area (Å²) in [6.45, 7) is 0. The Morgan fingerprint density at radius 2 is 1.61 bits per heavy atom. The molecular formula is C23H21ClN2O4S. The minimum absolute atomic E-state index is 0.0766. The summed E-state index contributed by atoms with van der Waals surface area (Å²) >= 11 is 5.87. The number of carbonyl (C=O) groups is 1. The first-order valence-corrected chi connectivity index (χ1v) is 11.5. The van der Waals surface area contributed by atoms with Crippen molar-refractivity contribution in [2.45, 2.75) is 23.2 Å². The van der Waals surface area contributed by atoms with Crippen LogP contribution in [0, 0.1) is 0 Å². The highest BCUT2D eigenvalue weighted by molar-refractivity contribution is 7.92. The lowest BCUT2D eigenvalue weighted by atomic mass is 9.95. The molecular weight excluding hydrogens is 436 g/mol. The van der Waals surface area contributed by atoms with Crippen molar-refractivity contribution < 1.29 is 17.9 Å². The molecule has 0 unspecified atom stereocenters. The first kappa shape index (κ1) is 21.2. The third kappa shape index (κ3) is 4.38. The van der Waals surface area contributed by atoms with E-state index in [9.17, 15) is 13.2 Å². The number of benzene rings is 3. The number of carbonyl (C=O) groups excluding carboxylic acids is 1. The number of amides is 1. The zero-order chi connectivity index (χ0) is 22.1. The number of methoxy groups -OCH3 is 1. The molecule has 160 valence electrons. The summed E-state index contributed by atoms with van der Waals surface area (Å²) in [5, 5.41) is 3.37. The smallest absolute Gasteiger partial charge is 0.265 e. The predicted octanol–water partition coefficient (Wildman–Crippen LogP) is 4.82. The SMILES string of the molecule is COc1ccc(NC(=O)C2(c3ccccc3)CC2)cc1S(=O)(=O)Nc1ccc(Cl)cc1. The molecule has 3 aromatic carbocycles. The van der Waals surface area contributed by atoms with Gasteiger partial charge in [-0.05, 0) is 60.9 Å². The first-order valence-electron chi connectivity index (χ1n) is 9.67. The number of nitrogens with one attached hydrogen (secondary N) is 2. The molecule has 3 aromatic rings. The van der Waals surface area contributed by atoms with Crippen LogP contribution in [-0.2, 0) is 20.2 Å². The van der Waals surface area contributed by atoms with Crippen LogP contribution in [0.4, 0.5) is 11.4 Å². The van der Waals surface area contributed by atoms with E-state index in [0.29, 0.717) is 16.4 Å². The maximum Gasteiger partial charge on any atom is 0.265 e. The van der Waals surface area contributed by atoms with E-state index in [1.165, 1.54) is 19.2 Å². The Morgan fingerprint density at radius 1 is 0.968 bits per heavy atom. The van der Waals surface area contributed by atoms with Gasteiger partial charge in [-0.25, -0.2) is 8.42 Å². The Bertz CT molecular complexity index is 1210. The van der Waals surface area contributed by atoms with Crippen LogP contribution in [0.1, 0.15) is 18.4 Å². The Kier molecular flexibility index (Phi) is 5.64. The lowest BCUT2D eigenvalue weighted by Gasteiger charge is -2.17. The molecule has 6 nitrogen and oxygen atoms in total. The summed E-state index contributed by atoms with van der Waals surface area (Å²) in [7, 11) is -2.58. The summed E-state index contributed by atoms with van der Waals surface area (Å²) in [6.07, 6.45) is 1.50.